The van der Waals surface area contributed by atoms with Gasteiger partial charge in [0.15, 0.2) is 0 Å². The first-order chi connectivity index (χ1) is 8.19. The summed E-state index contributed by atoms with van der Waals surface area (Å²) in [6.45, 7) is 3.91. The van der Waals surface area contributed by atoms with Gasteiger partial charge in [-0.15, -0.1) is 0 Å². The smallest absolute Gasteiger partial charge is 0.273 e. The van der Waals surface area contributed by atoms with Crippen LogP contribution in [0.3, 0.4) is 0 Å². The fourth-order valence-electron chi connectivity index (χ4n) is 1.56. The summed E-state index contributed by atoms with van der Waals surface area (Å²) >= 11 is 0. The minimum absolute atomic E-state index is 0.171. The van der Waals surface area contributed by atoms with Crippen LogP contribution in [0.25, 0.3) is 0 Å². The van der Waals surface area contributed by atoms with Crippen molar-refractivity contribution in [3.63, 3.8) is 0 Å². The van der Waals surface area contributed by atoms with Gasteiger partial charge in [0.1, 0.15) is 11.5 Å². The second-order valence-corrected chi connectivity index (χ2v) is 3.89. The molecule has 2 N–H and O–H groups in total. The normalized spacial score (nSPS) is 10.2. The van der Waals surface area contributed by atoms with Gasteiger partial charge in [-0.2, -0.15) is 0 Å². The van der Waals surface area contributed by atoms with E-state index in [1.165, 1.54) is 11.8 Å². The lowest BCUT2D eigenvalue weighted by Gasteiger charge is -2.04. The van der Waals surface area contributed by atoms with Gasteiger partial charge in [-0.3, -0.25) is 4.79 Å². The van der Waals surface area contributed by atoms with E-state index in [2.05, 4.69) is 22.2 Å². The third kappa shape index (κ3) is 2.72. The molecule has 0 unspecified atom stereocenters. The van der Waals surface area contributed by atoms with Crippen LogP contribution in [-0.4, -0.2) is 15.9 Å². The molecule has 1 amide bonds. The van der Waals surface area contributed by atoms with Gasteiger partial charge in [-0.05, 0) is 31.0 Å². The van der Waals surface area contributed by atoms with Crippen molar-refractivity contribution in [1.82, 2.24) is 9.97 Å². The van der Waals surface area contributed by atoms with Gasteiger partial charge in [0.25, 0.3) is 5.91 Å². The molecule has 0 aliphatic heterocycles. The first kappa shape index (κ1) is 11.4. The number of H-pyrrole nitrogens is 1. The molecule has 2 rings (SSSR count). The predicted octanol–water partition coefficient (Wildman–Crippen LogP) is 2.53. The number of carbonyl (C=O) groups excluding carboxylic acids is 1. The highest BCUT2D eigenvalue weighted by Crippen LogP contribution is 2.11. The Kier molecular flexibility index (Phi) is 3.23. The standard InChI is InChI=1S/C13H15N3O/c1-3-10-4-6-11(7-5-10)16-13(17)12-8-14-9(2)15-12/h4-8H,3H2,1-2H3,(H,14,15)(H,16,17). The van der Waals surface area contributed by atoms with Crippen LogP contribution in [0.2, 0.25) is 0 Å². The van der Waals surface area contributed by atoms with Crippen LogP contribution in [0.4, 0.5) is 5.69 Å². The Morgan fingerprint density at radius 1 is 1.35 bits per heavy atom. The molecule has 1 aromatic carbocycles. The predicted molar refractivity (Wildman–Crippen MR) is 67.1 cm³/mol. The average Bonchev–Trinajstić information content (AvgIpc) is 2.77. The van der Waals surface area contributed by atoms with Gasteiger partial charge in [0.05, 0.1) is 6.20 Å². The minimum Gasteiger partial charge on any atom is -0.338 e. The highest BCUT2D eigenvalue weighted by atomic mass is 16.1. The average molecular weight is 229 g/mol. The molecule has 0 saturated carbocycles. The third-order valence-corrected chi connectivity index (χ3v) is 2.57. The molecule has 0 radical (unpaired) electrons. The summed E-state index contributed by atoms with van der Waals surface area (Å²) < 4.78 is 0. The van der Waals surface area contributed by atoms with Crippen LogP contribution in [0.5, 0.6) is 0 Å². The molecular weight excluding hydrogens is 214 g/mol. The summed E-state index contributed by atoms with van der Waals surface area (Å²) in [4.78, 5) is 18.7. The fourth-order valence-corrected chi connectivity index (χ4v) is 1.56. The van der Waals surface area contributed by atoms with Gasteiger partial charge in [-0.25, -0.2) is 4.98 Å². The number of rotatable bonds is 3. The monoisotopic (exact) mass is 229 g/mol. The molecule has 4 heteroatoms. The van der Waals surface area contributed by atoms with Crippen molar-refractivity contribution < 1.29 is 4.79 Å². The quantitative estimate of drug-likeness (QED) is 0.849. The lowest BCUT2D eigenvalue weighted by Crippen LogP contribution is -2.12. The third-order valence-electron chi connectivity index (χ3n) is 2.57. The molecule has 2 aromatic rings. The summed E-state index contributed by atoms with van der Waals surface area (Å²) in [5.41, 5.74) is 2.52. The molecule has 0 aliphatic carbocycles. The lowest BCUT2D eigenvalue weighted by molar-refractivity contribution is 0.102. The number of hydrogen-bond acceptors (Lipinski definition) is 2. The molecule has 17 heavy (non-hydrogen) atoms. The number of nitrogens with one attached hydrogen (secondary N) is 2. The number of nitrogens with zero attached hydrogens (tertiary/aromatic N) is 1. The number of aromatic nitrogens is 2. The van der Waals surface area contributed by atoms with E-state index in [4.69, 9.17) is 0 Å². The number of aryl methyl sites for hydroxylation is 2. The molecule has 0 bridgehead atoms. The van der Waals surface area contributed by atoms with Crippen molar-refractivity contribution in [3.05, 3.63) is 47.5 Å². The highest BCUT2D eigenvalue weighted by molar-refractivity contribution is 6.02. The Hall–Kier alpha value is -2.10. The van der Waals surface area contributed by atoms with Gasteiger partial charge < -0.3 is 10.3 Å². The van der Waals surface area contributed by atoms with Crippen LogP contribution >= 0.6 is 0 Å². The maximum absolute atomic E-state index is 11.8. The van der Waals surface area contributed by atoms with Crippen molar-refractivity contribution in [1.29, 1.82) is 0 Å². The van der Waals surface area contributed by atoms with Gasteiger partial charge >= 0.3 is 0 Å². The highest BCUT2D eigenvalue weighted by Gasteiger charge is 2.08. The van der Waals surface area contributed by atoms with E-state index in [-0.39, 0.29) is 5.91 Å². The summed E-state index contributed by atoms with van der Waals surface area (Å²) in [6.07, 6.45) is 2.53. The zero-order valence-electron chi connectivity index (χ0n) is 9.95. The summed E-state index contributed by atoms with van der Waals surface area (Å²) in [7, 11) is 0. The Labute approximate surface area is 100 Å². The maximum Gasteiger partial charge on any atom is 0.273 e. The molecule has 0 aliphatic rings. The van der Waals surface area contributed by atoms with Crippen molar-refractivity contribution >= 4 is 11.6 Å². The lowest BCUT2D eigenvalue weighted by atomic mass is 10.1. The molecule has 1 heterocycles. The summed E-state index contributed by atoms with van der Waals surface area (Å²) in [5, 5.41) is 2.81. The summed E-state index contributed by atoms with van der Waals surface area (Å²) in [5.74, 6) is 0.561. The zero-order valence-corrected chi connectivity index (χ0v) is 9.95. The van der Waals surface area contributed by atoms with E-state index in [1.54, 1.807) is 0 Å². The Bertz CT molecular complexity index is 514. The molecule has 1 aromatic heterocycles. The zero-order chi connectivity index (χ0) is 12.3. The number of benzene rings is 1. The van der Waals surface area contributed by atoms with E-state index in [1.807, 2.05) is 31.2 Å². The number of aromatic amines is 1. The maximum atomic E-state index is 11.8. The molecule has 0 spiro atoms. The Morgan fingerprint density at radius 2 is 2.06 bits per heavy atom. The number of anilines is 1. The van der Waals surface area contributed by atoms with Crippen LogP contribution in [-0.2, 0) is 6.42 Å². The molecule has 0 saturated heterocycles. The Balaban J connectivity index is 2.07. The second kappa shape index (κ2) is 4.82. The molecule has 4 nitrogen and oxygen atoms in total. The molecular formula is C13H15N3O. The van der Waals surface area contributed by atoms with Crippen molar-refractivity contribution in [2.45, 2.75) is 20.3 Å². The molecule has 0 fully saturated rings. The number of imidazole rings is 1. The van der Waals surface area contributed by atoms with E-state index in [0.29, 0.717) is 5.69 Å². The second-order valence-electron chi connectivity index (χ2n) is 3.89. The Morgan fingerprint density at radius 3 is 2.59 bits per heavy atom. The van der Waals surface area contributed by atoms with Crippen LogP contribution in [0.1, 0.15) is 28.8 Å². The number of carbonyl (C=O) groups is 1. The van der Waals surface area contributed by atoms with Gasteiger partial charge in [0.2, 0.25) is 0 Å². The number of amides is 1. The van der Waals surface area contributed by atoms with Crippen molar-refractivity contribution in [2.75, 3.05) is 5.32 Å². The fraction of sp³-hybridized carbons (Fsp3) is 0.231. The minimum atomic E-state index is -0.171. The SMILES string of the molecule is CCc1ccc(NC(=O)c2cnc(C)[nH]2)cc1. The first-order valence-electron chi connectivity index (χ1n) is 5.61. The van der Waals surface area contributed by atoms with Gasteiger partial charge in [0, 0.05) is 5.69 Å². The molecule has 0 atom stereocenters. The van der Waals surface area contributed by atoms with Gasteiger partial charge in [-0.1, -0.05) is 19.1 Å². The van der Waals surface area contributed by atoms with E-state index in [0.717, 1.165) is 17.9 Å². The van der Waals surface area contributed by atoms with E-state index >= 15 is 0 Å². The largest absolute Gasteiger partial charge is 0.338 e. The van der Waals surface area contributed by atoms with Crippen LogP contribution in [0.15, 0.2) is 30.5 Å². The first-order valence-corrected chi connectivity index (χ1v) is 5.61. The topological polar surface area (TPSA) is 57.8 Å². The summed E-state index contributed by atoms with van der Waals surface area (Å²) in [6, 6.07) is 7.82. The molecule has 88 valence electrons. The van der Waals surface area contributed by atoms with E-state index < -0.39 is 0 Å². The van der Waals surface area contributed by atoms with Crippen molar-refractivity contribution in [2.24, 2.45) is 0 Å². The van der Waals surface area contributed by atoms with E-state index in [9.17, 15) is 4.79 Å². The number of hydrogen-bond donors (Lipinski definition) is 2. The van der Waals surface area contributed by atoms with Crippen LogP contribution in [0, 0.1) is 6.92 Å². The van der Waals surface area contributed by atoms with Crippen LogP contribution < -0.4 is 5.32 Å². The van der Waals surface area contributed by atoms with Crippen molar-refractivity contribution in [3.8, 4) is 0 Å².